The van der Waals surface area contributed by atoms with Gasteiger partial charge in [0.05, 0.1) is 11.4 Å². The number of phenolic OH excluding ortho intramolecular Hbond substituents is 1. The van der Waals surface area contributed by atoms with E-state index in [-0.39, 0.29) is 5.75 Å². The first kappa shape index (κ1) is 14.1. The molecule has 2 N–H and O–H groups in total. The second-order valence-electron chi connectivity index (χ2n) is 4.19. The molecular weight excluding hydrogens is 276 g/mol. The summed E-state index contributed by atoms with van der Waals surface area (Å²) in [7, 11) is 0. The normalized spacial score (nSPS) is 12.0. The lowest BCUT2D eigenvalue weighted by Crippen LogP contribution is -1.92. The molecule has 2 aromatic carbocycles. The number of rotatable bonds is 3. The Balaban J connectivity index is 2.21. The molecule has 102 valence electrons. The van der Waals surface area contributed by atoms with Gasteiger partial charge in [0.1, 0.15) is 5.75 Å². The van der Waals surface area contributed by atoms with Crippen LogP contribution >= 0.6 is 11.6 Å². The van der Waals surface area contributed by atoms with Crippen LogP contribution in [-0.4, -0.2) is 22.2 Å². The summed E-state index contributed by atoms with van der Waals surface area (Å²) in [6.07, 6.45) is 1.54. The standard InChI is InChI=1S/C15H13ClN2O2/c1-10(18-20)11-2-5-14(6-3-11)17-9-12-8-13(16)4-7-15(12)19/h2-9,19-20H,1H3/b17-9?,18-10+. The van der Waals surface area contributed by atoms with Gasteiger partial charge in [0.15, 0.2) is 0 Å². The first-order valence-electron chi connectivity index (χ1n) is 5.92. The van der Waals surface area contributed by atoms with Crippen molar-refractivity contribution in [3.8, 4) is 5.75 Å². The second kappa shape index (κ2) is 6.21. The maximum absolute atomic E-state index is 9.67. The molecule has 0 unspecified atom stereocenters. The molecule has 0 aliphatic rings. The highest BCUT2D eigenvalue weighted by Crippen LogP contribution is 2.21. The molecule has 0 fully saturated rings. The molecule has 4 nitrogen and oxygen atoms in total. The lowest BCUT2D eigenvalue weighted by molar-refractivity contribution is 0.319. The number of nitrogens with zero attached hydrogens (tertiary/aromatic N) is 2. The first-order valence-corrected chi connectivity index (χ1v) is 6.29. The van der Waals surface area contributed by atoms with Crippen molar-refractivity contribution in [1.29, 1.82) is 0 Å². The van der Waals surface area contributed by atoms with Crippen LogP contribution in [0.5, 0.6) is 5.75 Å². The van der Waals surface area contributed by atoms with Crippen LogP contribution in [0.25, 0.3) is 0 Å². The number of oxime groups is 1. The molecule has 0 saturated carbocycles. The van der Waals surface area contributed by atoms with E-state index >= 15 is 0 Å². The van der Waals surface area contributed by atoms with Crippen molar-refractivity contribution in [3.05, 3.63) is 58.6 Å². The minimum absolute atomic E-state index is 0.123. The van der Waals surface area contributed by atoms with E-state index in [0.29, 0.717) is 16.3 Å². The third kappa shape index (κ3) is 3.36. The van der Waals surface area contributed by atoms with E-state index in [9.17, 15) is 5.11 Å². The summed E-state index contributed by atoms with van der Waals surface area (Å²) in [6, 6.07) is 12.0. The number of hydrogen-bond donors (Lipinski definition) is 2. The van der Waals surface area contributed by atoms with Gasteiger partial charge in [-0.2, -0.15) is 0 Å². The molecule has 0 aliphatic carbocycles. The van der Waals surface area contributed by atoms with Gasteiger partial charge in [-0.1, -0.05) is 28.9 Å². The predicted molar refractivity (Wildman–Crippen MR) is 80.8 cm³/mol. The SMILES string of the molecule is C/C(=N\O)c1ccc(N=Cc2cc(Cl)ccc2O)cc1. The number of hydrogen-bond acceptors (Lipinski definition) is 4. The fourth-order valence-corrected chi connectivity index (χ4v) is 1.80. The second-order valence-corrected chi connectivity index (χ2v) is 4.63. The number of aromatic hydroxyl groups is 1. The van der Waals surface area contributed by atoms with Crippen LogP contribution in [0.2, 0.25) is 5.02 Å². The molecule has 0 radical (unpaired) electrons. The van der Waals surface area contributed by atoms with Crippen LogP contribution in [0.3, 0.4) is 0 Å². The van der Waals surface area contributed by atoms with Crippen LogP contribution in [0.15, 0.2) is 52.6 Å². The number of benzene rings is 2. The van der Waals surface area contributed by atoms with Crippen molar-refractivity contribution in [3.63, 3.8) is 0 Å². The smallest absolute Gasteiger partial charge is 0.124 e. The Hall–Kier alpha value is -2.33. The van der Waals surface area contributed by atoms with E-state index < -0.39 is 0 Å². The molecule has 20 heavy (non-hydrogen) atoms. The summed E-state index contributed by atoms with van der Waals surface area (Å²) < 4.78 is 0. The molecule has 0 saturated heterocycles. The molecule has 0 heterocycles. The minimum atomic E-state index is 0.123. The summed E-state index contributed by atoms with van der Waals surface area (Å²) >= 11 is 5.86. The monoisotopic (exact) mass is 288 g/mol. The molecule has 5 heteroatoms. The highest BCUT2D eigenvalue weighted by molar-refractivity contribution is 6.30. The Morgan fingerprint density at radius 2 is 1.85 bits per heavy atom. The largest absolute Gasteiger partial charge is 0.507 e. The van der Waals surface area contributed by atoms with E-state index in [1.165, 1.54) is 6.07 Å². The number of halogens is 1. The molecule has 0 aromatic heterocycles. The van der Waals surface area contributed by atoms with Gasteiger partial charge in [-0.05, 0) is 42.8 Å². The molecule has 0 spiro atoms. The lowest BCUT2D eigenvalue weighted by Gasteiger charge is -2.00. The average Bonchev–Trinajstić information content (AvgIpc) is 2.48. The maximum Gasteiger partial charge on any atom is 0.124 e. The van der Waals surface area contributed by atoms with Crippen LogP contribution in [0.4, 0.5) is 5.69 Å². The van der Waals surface area contributed by atoms with Gasteiger partial charge >= 0.3 is 0 Å². The minimum Gasteiger partial charge on any atom is -0.507 e. The Morgan fingerprint density at radius 1 is 1.15 bits per heavy atom. The van der Waals surface area contributed by atoms with E-state index in [0.717, 1.165) is 11.3 Å². The molecule has 0 atom stereocenters. The van der Waals surface area contributed by atoms with Crippen molar-refractivity contribution in [2.75, 3.05) is 0 Å². The van der Waals surface area contributed by atoms with Crippen molar-refractivity contribution in [2.24, 2.45) is 10.1 Å². The van der Waals surface area contributed by atoms with Crippen LogP contribution in [-0.2, 0) is 0 Å². The van der Waals surface area contributed by atoms with Crippen molar-refractivity contribution >= 4 is 29.2 Å². The molecule has 0 aliphatic heterocycles. The molecule has 2 rings (SSSR count). The Bertz CT molecular complexity index is 664. The predicted octanol–water partition coefficient (Wildman–Crippen LogP) is 3.99. The van der Waals surface area contributed by atoms with E-state index in [4.69, 9.17) is 16.8 Å². The quantitative estimate of drug-likeness (QED) is 0.509. The van der Waals surface area contributed by atoms with Gasteiger partial charge < -0.3 is 10.3 Å². The highest BCUT2D eigenvalue weighted by Gasteiger charge is 2.00. The molecular formula is C15H13ClN2O2. The zero-order valence-corrected chi connectivity index (χ0v) is 11.5. The lowest BCUT2D eigenvalue weighted by atomic mass is 10.1. The first-order chi connectivity index (χ1) is 9.60. The highest BCUT2D eigenvalue weighted by atomic mass is 35.5. The Morgan fingerprint density at radius 3 is 2.50 bits per heavy atom. The van der Waals surface area contributed by atoms with Gasteiger partial charge in [0, 0.05) is 16.8 Å². The van der Waals surface area contributed by atoms with Gasteiger partial charge in [-0.15, -0.1) is 0 Å². The van der Waals surface area contributed by atoms with Crippen LogP contribution in [0, 0.1) is 0 Å². The fraction of sp³-hybridized carbons (Fsp3) is 0.0667. The summed E-state index contributed by atoms with van der Waals surface area (Å²) in [4.78, 5) is 4.26. The fourth-order valence-electron chi connectivity index (χ4n) is 1.62. The van der Waals surface area contributed by atoms with Gasteiger partial charge in [-0.3, -0.25) is 4.99 Å². The molecule has 0 bridgehead atoms. The topological polar surface area (TPSA) is 65.2 Å². The maximum atomic E-state index is 9.67. The van der Waals surface area contributed by atoms with Crippen LogP contribution in [0.1, 0.15) is 18.1 Å². The summed E-state index contributed by atoms with van der Waals surface area (Å²) in [6.45, 7) is 1.71. The molecule has 2 aromatic rings. The summed E-state index contributed by atoms with van der Waals surface area (Å²) in [5, 5.41) is 22.0. The van der Waals surface area contributed by atoms with Gasteiger partial charge in [0.25, 0.3) is 0 Å². The van der Waals surface area contributed by atoms with Crippen molar-refractivity contribution in [1.82, 2.24) is 0 Å². The van der Waals surface area contributed by atoms with E-state index in [1.807, 2.05) is 0 Å². The average molecular weight is 289 g/mol. The molecule has 0 amide bonds. The zero-order chi connectivity index (χ0) is 14.5. The van der Waals surface area contributed by atoms with Gasteiger partial charge in [-0.25, -0.2) is 0 Å². The van der Waals surface area contributed by atoms with E-state index in [2.05, 4.69) is 10.1 Å². The van der Waals surface area contributed by atoms with Crippen molar-refractivity contribution < 1.29 is 10.3 Å². The Labute approximate surface area is 121 Å². The summed E-state index contributed by atoms with van der Waals surface area (Å²) in [5.74, 6) is 0.123. The van der Waals surface area contributed by atoms with Gasteiger partial charge in [0.2, 0.25) is 0 Å². The third-order valence-corrected chi connectivity index (χ3v) is 3.01. The number of phenols is 1. The third-order valence-electron chi connectivity index (χ3n) is 2.78. The zero-order valence-electron chi connectivity index (χ0n) is 10.8. The van der Waals surface area contributed by atoms with Crippen LogP contribution < -0.4 is 0 Å². The Kier molecular flexibility index (Phi) is 4.38. The van der Waals surface area contributed by atoms with Crippen molar-refractivity contribution in [2.45, 2.75) is 6.92 Å². The number of aliphatic imine (C=N–C) groups is 1. The van der Waals surface area contributed by atoms with E-state index in [1.54, 1.807) is 49.5 Å². The summed E-state index contributed by atoms with van der Waals surface area (Å²) in [5.41, 5.74) is 2.62.